The van der Waals surface area contributed by atoms with Crippen LogP contribution in [0.15, 0.2) is 73.1 Å². The van der Waals surface area contributed by atoms with E-state index in [0.717, 1.165) is 22.4 Å². The molecule has 0 N–H and O–H groups in total. The third-order valence-electron chi connectivity index (χ3n) is 3.69. The minimum absolute atomic E-state index is 0.568. The van der Waals surface area contributed by atoms with Gasteiger partial charge < -0.3 is 4.74 Å². The van der Waals surface area contributed by atoms with E-state index in [1.54, 1.807) is 24.5 Å². The molecule has 122 valence electrons. The van der Waals surface area contributed by atoms with E-state index in [4.69, 9.17) is 10.00 Å². The molecule has 0 unspecified atom stereocenters. The summed E-state index contributed by atoms with van der Waals surface area (Å²) in [6.07, 6.45) is 7.52. The van der Waals surface area contributed by atoms with Crippen LogP contribution in [0.1, 0.15) is 12.5 Å². The lowest BCUT2D eigenvalue weighted by atomic mass is 10.1. The molecule has 3 aromatic rings. The quantitative estimate of drug-likeness (QED) is 0.641. The maximum atomic E-state index is 8.85. The van der Waals surface area contributed by atoms with Crippen molar-refractivity contribution in [1.82, 2.24) is 9.97 Å². The Bertz CT molecular complexity index is 890. The van der Waals surface area contributed by atoms with Crippen LogP contribution in [0.5, 0.6) is 5.75 Å². The zero-order valence-electron chi connectivity index (χ0n) is 13.9. The maximum absolute atomic E-state index is 8.85. The van der Waals surface area contributed by atoms with Gasteiger partial charge in [0.2, 0.25) is 0 Å². The van der Waals surface area contributed by atoms with E-state index >= 15 is 0 Å². The fourth-order valence-corrected chi connectivity index (χ4v) is 2.30. The third-order valence-corrected chi connectivity index (χ3v) is 3.69. The Morgan fingerprint density at radius 2 is 1.56 bits per heavy atom. The van der Waals surface area contributed by atoms with Crippen LogP contribution in [0.4, 0.5) is 0 Å². The molecule has 0 aliphatic carbocycles. The second-order valence-electron chi connectivity index (χ2n) is 5.39. The van der Waals surface area contributed by atoms with Crippen LogP contribution in [-0.2, 0) is 0 Å². The number of allylic oxidation sites excluding steroid dienone is 1. The normalized spacial score (nSPS) is 10.6. The summed E-state index contributed by atoms with van der Waals surface area (Å²) in [6, 6.07) is 17.2. The average Bonchev–Trinajstić information content (AvgIpc) is 2.69. The van der Waals surface area contributed by atoms with Crippen molar-refractivity contribution in [3.05, 3.63) is 78.6 Å². The predicted molar refractivity (Wildman–Crippen MR) is 97.9 cm³/mol. The van der Waals surface area contributed by atoms with Crippen molar-refractivity contribution in [1.29, 1.82) is 5.26 Å². The average molecular weight is 327 g/mol. The van der Waals surface area contributed by atoms with E-state index in [1.807, 2.05) is 55.5 Å². The van der Waals surface area contributed by atoms with Crippen LogP contribution in [-0.4, -0.2) is 16.6 Å². The second-order valence-corrected chi connectivity index (χ2v) is 5.39. The Kier molecular flexibility index (Phi) is 5.18. The molecule has 3 rings (SSSR count). The first-order valence-electron chi connectivity index (χ1n) is 7.97. The largest absolute Gasteiger partial charge is 0.490 e. The van der Waals surface area contributed by atoms with E-state index in [9.17, 15) is 0 Å². The first-order chi connectivity index (χ1) is 12.3. The van der Waals surface area contributed by atoms with Gasteiger partial charge in [0.15, 0.2) is 5.82 Å². The van der Waals surface area contributed by atoms with Crippen LogP contribution < -0.4 is 4.74 Å². The number of hydrogen-bond donors (Lipinski definition) is 0. The molecule has 4 heteroatoms. The Labute approximate surface area is 147 Å². The molecule has 0 amide bonds. The highest BCUT2D eigenvalue weighted by Crippen LogP contribution is 2.23. The number of ether oxygens (including phenoxy) is 1. The van der Waals surface area contributed by atoms with Gasteiger partial charge in [-0.15, -0.1) is 0 Å². The van der Waals surface area contributed by atoms with Gasteiger partial charge in [0.25, 0.3) is 0 Å². The van der Waals surface area contributed by atoms with Gasteiger partial charge >= 0.3 is 0 Å². The summed E-state index contributed by atoms with van der Waals surface area (Å²) in [4.78, 5) is 8.86. The highest BCUT2D eigenvalue weighted by atomic mass is 16.5. The Balaban J connectivity index is 1.74. The minimum atomic E-state index is 0.568. The first-order valence-corrected chi connectivity index (χ1v) is 7.97. The van der Waals surface area contributed by atoms with E-state index in [1.165, 1.54) is 0 Å². The number of aromatic nitrogens is 2. The predicted octanol–water partition coefficient (Wildman–Crippen LogP) is 4.64. The van der Waals surface area contributed by atoms with Crippen molar-refractivity contribution < 1.29 is 4.74 Å². The molecular formula is C21H17N3O. The summed E-state index contributed by atoms with van der Waals surface area (Å²) in [7, 11) is 0. The fraction of sp³-hybridized carbons (Fsp3) is 0.0952. The van der Waals surface area contributed by atoms with Gasteiger partial charge in [0.05, 0.1) is 11.6 Å². The van der Waals surface area contributed by atoms with Gasteiger partial charge in [0.1, 0.15) is 12.4 Å². The summed E-state index contributed by atoms with van der Waals surface area (Å²) < 4.78 is 5.59. The van der Waals surface area contributed by atoms with Gasteiger partial charge in [-0.05, 0) is 48.9 Å². The van der Waals surface area contributed by atoms with E-state index < -0.39 is 0 Å². The van der Waals surface area contributed by atoms with Crippen molar-refractivity contribution in [2.45, 2.75) is 6.92 Å². The molecule has 4 nitrogen and oxygen atoms in total. The van der Waals surface area contributed by atoms with Crippen molar-refractivity contribution in [3.8, 4) is 34.3 Å². The van der Waals surface area contributed by atoms with E-state index in [-0.39, 0.29) is 0 Å². The Hall–Kier alpha value is -3.45. The maximum Gasteiger partial charge on any atom is 0.159 e. The molecule has 0 radical (unpaired) electrons. The van der Waals surface area contributed by atoms with Gasteiger partial charge in [-0.3, -0.25) is 0 Å². The number of nitriles is 1. The number of benzene rings is 2. The highest BCUT2D eigenvalue weighted by Gasteiger charge is 2.04. The molecule has 0 aliphatic rings. The summed E-state index contributed by atoms with van der Waals surface area (Å²) in [5.41, 5.74) is 3.48. The van der Waals surface area contributed by atoms with Crippen LogP contribution in [0.2, 0.25) is 0 Å². The van der Waals surface area contributed by atoms with Crippen molar-refractivity contribution in [2.75, 3.05) is 6.61 Å². The zero-order valence-corrected chi connectivity index (χ0v) is 13.9. The van der Waals surface area contributed by atoms with E-state index in [0.29, 0.717) is 18.0 Å². The lowest BCUT2D eigenvalue weighted by Crippen LogP contribution is -1.93. The highest BCUT2D eigenvalue weighted by molar-refractivity contribution is 5.64. The van der Waals surface area contributed by atoms with Crippen LogP contribution in [0.25, 0.3) is 22.5 Å². The number of nitrogens with zero attached hydrogens (tertiary/aromatic N) is 3. The molecule has 0 spiro atoms. The summed E-state index contributed by atoms with van der Waals surface area (Å²) in [5.74, 6) is 1.47. The number of rotatable bonds is 5. The lowest BCUT2D eigenvalue weighted by Gasteiger charge is -2.06. The molecule has 0 bridgehead atoms. The smallest absolute Gasteiger partial charge is 0.159 e. The minimum Gasteiger partial charge on any atom is -0.490 e. The molecule has 1 heterocycles. The molecule has 2 aromatic carbocycles. The zero-order chi connectivity index (χ0) is 17.5. The van der Waals surface area contributed by atoms with Gasteiger partial charge in [-0.25, -0.2) is 9.97 Å². The SMILES string of the molecule is C/C=C/COc1ccc(-c2cnc(-c3ccc(C#N)cc3)nc2)cc1. The van der Waals surface area contributed by atoms with Crippen LogP contribution >= 0.6 is 0 Å². The molecule has 0 aliphatic heterocycles. The fourth-order valence-electron chi connectivity index (χ4n) is 2.30. The molecular weight excluding hydrogens is 310 g/mol. The molecule has 0 fully saturated rings. The second kappa shape index (κ2) is 7.89. The van der Waals surface area contributed by atoms with Crippen molar-refractivity contribution in [2.24, 2.45) is 0 Å². The van der Waals surface area contributed by atoms with Crippen LogP contribution in [0, 0.1) is 11.3 Å². The van der Waals surface area contributed by atoms with Crippen LogP contribution in [0.3, 0.4) is 0 Å². The van der Waals surface area contributed by atoms with E-state index in [2.05, 4.69) is 16.0 Å². The summed E-state index contributed by atoms with van der Waals surface area (Å²) in [5, 5.41) is 8.85. The number of hydrogen-bond acceptors (Lipinski definition) is 4. The van der Waals surface area contributed by atoms with Gasteiger partial charge in [-0.1, -0.05) is 24.3 Å². The monoisotopic (exact) mass is 327 g/mol. The Morgan fingerprint density at radius 3 is 2.16 bits per heavy atom. The van der Waals surface area contributed by atoms with Crippen molar-refractivity contribution in [3.63, 3.8) is 0 Å². The molecule has 0 saturated carbocycles. The molecule has 25 heavy (non-hydrogen) atoms. The molecule has 1 aromatic heterocycles. The third kappa shape index (κ3) is 4.10. The standard InChI is InChI=1S/C21H17N3O/c1-2-3-12-25-20-10-8-17(9-11-20)19-14-23-21(24-15-19)18-6-4-16(13-22)5-7-18/h2-11,14-15H,12H2,1H3/b3-2+. The first kappa shape index (κ1) is 16.4. The van der Waals surface area contributed by atoms with Crippen molar-refractivity contribution >= 4 is 0 Å². The Morgan fingerprint density at radius 1 is 0.920 bits per heavy atom. The van der Waals surface area contributed by atoms with Gasteiger partial charge in [0, 0.05) is 23.5 Å². The lowest BCUT2D eigenvalue weighted by molar-refractivity contribution is 0.363. The molecule has 0 atom stereocenters. The molecule has 0 saturated heterocycles. The summed E-state index contributed by atoms with van der Waals surface area (Å²) >= 11 is 0. The topological polar surface area (TPSA) is 58.8 Å². The van der Waals surface area contributed by atoms with Gasteiger partial charge in [-0.2, -0.15) is 5.26 Å². The summed E-state index contributed by atoms with van der Waals surface area (Å²) in [6.45, 7) is 2.53.